The van der Waals surface area contributed by atoms with Crippen LogP contribution in [-0.4, -0.2) is 53.4 Å². The molecule has 0 unspecified atom stereocenters. The van der Waals surface area contributed by atoms with Gasteiger partial charge in [0.15, 0.2) is 6.61 Å². The number of ether oxygens (including phenoxy) is 1. The van der Waals surface area contributed by atoms with Crippen LogP contribution >= 0.6 is 23.1 Å². The molecule has 1 aliphatic heterocycles. The number of esters is 1. The zero-order chi connectivity index (χ0) is 16.8. The summed E-state index contributed by atoms with van der Waals surface area (Å²) in [5.74, 6) is -1.05. The molecule has 0 atom stereocenters. The van der Waals surface area contributed by atoms with Gasteiger partial charge < -0.3 is 20.7 Å². The summed E-state index contributed by atoms with van der Waals surface area (Å²) in [6.07, 6.45) is 0.0329. The second-order valence-electron chi connectivity index (χ2n) is 4.59. The smallest absolute Gasteiger partial charge is 0.308 e. The van der Waals surface area contributed by atoms with Crippen LogP contribution in [0.5, 0.6) is 0 Å². The molecule has 23 heavy (non-hydrogen) atoms. The van der Waals surface area contributed by atoms with Gasteiger partial charge in [-0.05, 0) is 11.4 Å². The lowest BCUT2D eigenvalue weighted by molar-refractivity contribution is -0.147. The highest BCUT2D eigenvalue weighted by molar-refractivity contribution is 8.13. The van der Waals surface area contributed by atoms with Crippen molar-refractivity contribution in [2.45, 2.75) is 6.42 Å². The normalized spacial score (nSPS) is 13.9. The van der Waals surface area contributed by atoms with Crippen LogP contribution in [0.4, 0.5) is 9.80 Å². The minimum Gasteiger partial charge on any atom is -0.456 e. The second-order valence-corrected chi connectivity index (χ2v) is 6.55. The Hall–Kier alpha value is -2.07. The van der Waals surface area contributed by atoms with Gasteiger partial charge in [-0.15, -0.1) is 11.3 Å². The number of carbonyl (C=O) groups excluding carboxylic acids is 4. The van der Waals surface area contributed by atoms with Crippen LogP contribution in [0.15, 0.2) is 11.4 Å². The Labute approximate surface area is 140 Å². The lowest BCUT2D eigenvalue weighted by Crippen LogP contribution is -2.28. The Morgan fingerprint density at radius 3 is 2.83 bits per heavy atom. The van der Waals surface area contributed by atoms with Crippen molar-refractivity contribution in [1.82, 2.24) is 4.90 Å². The SMILES string of the molecule is NC(=O)c1ccsc1NC(=O)COC(=O)CCN1CCSC1=O. The first kappa shape index (κ1) is 17.3. The zero-order valence-corrected chi connectivity index (χ0v) is 13.7. The zero-order valence-electron chi connectivity index (χ0n) is 12.1. The third-order valence-electron chi connectivity index (χ3n) is 2.98. The van der Waals surface area contributed by atoms with E-state index in [0.29, 0.717) is 11.5 Å². The van der Waals surface area contributed by atoms with Crippen molar-refractivity contribution in [1.29, 1.82) is 0 Å². The third-order valence-corrected chi connectivity index (χ3v) is 4.70. The van der Waals surface area contributed by atoms with E-state index < -0.39 is 24.4 Å². The second kappa shape index (κ2) is 7.97. The molecule has 8 nitrogen and oxygen atoms in total. The quantitative estimate of drug-likeness (QED) is 0.700. The van der Waals surface area contributed by atoms with Crippen molar-refractivity contribution in [2.75, 3.05) is 30.8 Å². The van der Waals surface area contributed by atoms with Gasteiger partial charge in [0.1, 0.15) is 5.00 Å². The summed E-state index contributed by atoms with van der Waals surface area (Å²) in [7, 11) is 0. The average molecular weight is 357 g/mol. The fourth-order valence-electron chi connectivity index (χ4n) is 1.84. The van der Waals surface area contributed by atoms with E-state index in [1.807, 2.05) is 0 Å². The number of thioether (sulfide) groups is 1. The van der Waals surface area contributed by atoms with Gasteiger partial charge in [0.25, 0.3) is 17.1 Å². The predicted octanol–water partition coefficient (Wildman–Crippen LogP) is 0.888. The van der Waals surface area contributed by atoms with E-state index in [9.17, 15) is 19.2 Å². The summed E-state index contributed by atoms with van der Waals surface area (Å²) >= 11 is 2.36. The van der Waals surface area contributed by atoms with E-state index >= 15 is 0 Å². The molecule has 2 rings (SSSR count). The molecule has 10 heteroatoms. The topological polar surface area (TPSA) is 119 Å². The molecular formula is C13H15N3O5S2. The maximum atomic E-state index is 11.7. The third kappa shape index (κ3) is 4.96. The average Bonchev–Trinajstić information content (AvgIpc) is 3.12. The number of primary amides is 1. The highest BCUT2D eigenvalue weighted by Gasteiger charge is 2.22. The first-order chi connectivity index (χ1) is 11.0. The van der Waals surface area contributed by atoms with Crippen molar-refractivity contribution >= 4 is 51.1 Å². The van der Waals surface area contributed by atoms with Gasteiger partial charge >= 0.3 is 5.97 Å². The minimum absolute atomic E-state index is 0.0329. The van der Waals surface area contributed by atoms with E-state index in [-0.39, 0.29) is 23.8 Å². The van der Waals surface area contributed by atoms with E-state index in [4.69, 9.17) is 10.5 Å². The lowest BCUT2D eigenvalue weighted by atomic mass is 10.3. The molecule has 1 aliphatic rings. The molecule has 1 aromatic heterocycles. The fraction of sp³-hybridized carbons (Fsp3) is 0.385. The Morgan fingerprint density at radius 2 is 2.17 bits per heavy atom. The first-order valence-electron chi connectivity index (χ1n) is 6.72. The molecule has 3 amide bonds. The van der Waals surface area contributed by atoms with Crippen LogP contribution < -0.4 is 11.1 Å². The van der Waals surface area contributed by atoms with Crippen molar-refractivity contribution in [3.8, 4) is 0 Å². The van der Waals surface area contributed by atoms with Crippen molar-refractivity contribution in [3.63, 3.8) is 0 Å². The van der Waals surface area contributed by atoms with Crippen LogP contribution in [0, 0.1) is 0 Å². The Bertz CT molecular complexity index is 631. The van der Waals surface area contributed by atoms with E-state index in [0.717, 1.165) is 17.1 Å². The van der Waals surface area contributed by atoms with E-state index in [1.54, 1.807) is 10.3 Å². The fourth-order valence-corrected chi connectivity index (χ4v) is 3.50. The van der Waals surface area contributed by atoms with Gasteiger partial charge in [-0.2, -0.15) is 0 Å². The predicted molar refractivity (Wildman–Crippen MR) is 86.5 cm³/mol. The number of rotatable bonds is 7. The summed E-state index contributed by atoms with van der Waals surface area (Å²) in [5, 5.41) is 4.35. The molecule has 2 heterocycles. The number of anilines is 1. The van der Waals surface area contributed by atoms with Gasteiger partial charge in [-0.1, -0.05) is 11.8 Å². The number of hydrogen-bond acceptors (Lipinski definition) is 7. The van der Waals surface area contributed by atoms with Crippen LogP contribution in [-0.2, 0) is 14.3 Å². The highest BCUT2D eigenvalue weighted by Crippen LogP contribution is 2.22. The van der Waals surface area contributed by atoms with Crippen LogP contribution in [0.1, 0.15) is 16.8 Å². The summed E-state index contributed by atoms with van der Waals surface area (Å²) in [5.41, 5.74) is 5.37. The molecule has 3 N–H and O–H groups in total. The number of thiophene rings is 1. The Balaban J connectivity index is 1.71. The van der Waals surface area contributed by atoms with Gasteiger partial charge in [-0.25, -0.2) is 0 Å². The number of hydrogen-bond donors (Lipinski definition) is 2. The molecule has 0 bridgehead atoms. The molecule has 0 aliphatic carbocycles. The number of nitrogens with one attached hydrogen (secondary N) is 1. The largest absolute Gasteiger partial charge is 0.456 e. The number of amides is 3. The number of carbonyl (C=O) groups is 4. The lowest BCUT2D eigenvalue weighted by Gasteiger charge is -2.13. The maximum absolute atomic E-state index is 11.7. The van der Waals surface area contributed by atoms with Gasteiger partial charge in [0.2, 0.25) is 0 Å². The van der Waals surface area contributed by atoms with Crippen LogP contribution in [0.3, 0.4) is 0 Å². The first-order valence-corrected chi connectivity index (χ1v) is 8.58. The van der Waals surface area contributed by atoms with Crippen LogP contribution in [0.25, 0.3) is 0 Å². The van der Waals surface area contributed by atoms with Crippen molar-refractivity contribution in [2.24, 2.45) is 5.73 Å². The van der Waals surface area contributed by atoms with Crippen molar-refractivity contribution < 1.29 is 23.9 Å². The summed E-state index contributed by atoms with van der Waals surface area (Å²) < 4.78 is 4.84. The Morgan fingerprint density at radius 1 is 1.39 bits per heavy atom. The van der Waals surface area contributed by atoms with E-state index in [2.05, 4.69) is 5.32 Å². The maximum Gasteiger partial charge on any atom is 0.308 e. The molecule has 1 saturated heterocycles. The monoisotopic (exact) mass is 357 g/mol. The molecule has 0 aromatic carbocycles. The molecular weight excluding hydrogens is 342 g/mol. The van der Waals surface area contributed by atoms with Gasteiger partial charge in [0, 0.05) is 18.8 Å². The highest BCUT2D eigenvalue weighted by atomic mass is 32.2. The molecule has 0 radical (unpaired) electrons. The van der Waals surface area contributed by atoms with Crippen molar-refractivity contribution in [3.05, 3.63) is 17.0 Å². The summed E-state index contributed by atoms with van der Waals surface area (Å²) in [4.78, 5) is 47.3. The number of nitrogens with two attached hydrogens (primary N) is 1. The molecule has 1 aromatic rings. The Kier molecular flexibility index (Phi) is 5.99. The van der Waals surface area contributed by atoms with Gasteiger partial charge in [-0.3, -0.25) is 19.2 Å². The molecule has 0 saturated carbocycles. The van der Waals surface area contributed by atoms with Crippen LogP contribution in [0.2, 0.25) is 0 Å². The minimum atomic E-state index is -0.647. The summed E-state index contributed by atoms with van der Waals surface area (Å²) in [6.45, 7) is 0.437. The number of nitrogens with zero attached hydrogens (tertiary/aromatic N) is 1. The summed E-state index contributed by atoms with van der Waals surface area (Å²) in [6, 6.07) is 1.50. The van der Waals surface area contributed by atoms with Gasteiger partial charge in [0.05, 0.1) is 12.0 Å². The van der Waals surface area contributed by atoms with E-state index in [1.165, 1.54) is 17.8 Å². The molecule has 124 valence electrons. The standard InChI is InChI=1S/C13H15N3O5S2/c14-11(19)8-2-5-22-12(8)15-9(17)7-21-10(18)1-3-16-4-6-23-13(16)20/h2,5H,1,3-4,6-7H2,(H2,14,19)(H,15,17). The molecule has 1 fully saturated rings. The molecule has 0 spiro atoms.